The van der Waals surface area contributed by atoms with Crippen molar-refractivity contribution in [3.8, 4) is 11.5 Å². The molecule has 0 radical (unpaired) electrons. The lowest BCUT2D eigenvalue weighted by Gasteiger charge is -2.14. The van der Waals surface area contributed by atoms with Crippen molar-refractivity contribution in [2.75, 3.05) is 13.7 Å². The Balaban J connectivity index is 1.57. The first kappa shape index (κ1) is 23.3. The number of para-hydroxylation sites is 2. The number of carbonyl (C=O) groups excluding carboxylic acids is 1. The minimum atomic E-state index is -0.327. The number of benzene rings is 3. The van der Waals surface area contributed by atoms with Gasteiger partial charge in [0.05, 0.1) is 28.8 Å². The summed E-state index contributed by atoms with van der Waals surface area (Å²) in [4.78, 5) is 25.6. The number of fused-ring (bicyclic) bond motifs is 2. The third-order valence-corrected chi connectivity index (χ3v) is 5.77. The van der Waals surface area contributed by atoms with Gasteiger partial charge in [-0.25, -0.2) is 5.43 Å². The summed E-state index contributed by atoms with van der Waals surface area (Å²) in [6.45, 7) is 3.98. The fourth-order valence-electron chi connectivity index (χ4n) is 3.70. The van der Waals surface area contributed by atoms with Crippen LogP contribution < -0.4 is 20.3 Å². The summed E-state index contributed by atoms with van der Waals surface area (Å²) in [5.41, 5.74) is 4.59. The van der Waals surface area contributed by atoms with Crippen LogP contribution in [-0.4, -0.2) is 30.4 Å². The van der Waals surface area contributed by atoms with Crippen molar-refractivity contribution < 1.29 is 14.3 Å². The Morgan fingerprint density at radius 3 is 2.38 bits per heavy atom. The maximum atomic E-state index is 12.9. The second-order valence-electron chi connectivity index (χ2n) is 7.38. The highest BCUT2D eigenvalue weighted by Crippen LogP contribution is 2.36. The van der Waals surface area contributed by atoms with Gasteiger partial charge in [0.15, 0.2) is 16.9 Å². The number of methoxy groups -OCH3 is 1. The highest BCUT2D eigenvalue weighted by Gasteiger charge is 2.13. The Bertz CT molecular complexity index is 1420. The van der Waals surface area contributed by atoms with Gasteiger partial charge in [-0.05, 0) is 57.9 Å². The van der Waals surface area contributed by atoms with Crippen molar-refractivity contribution >= 4 is 49.9 Å². The average molecular weight is 520 g/mol. The molecule has 4 aromatic rings. The largest absolute Gasteiger partial charge is 0.493 e. The second kappa shape index (κ2) is 10.4. The molecule has 0 atom stereocenters. The second-order valence-corrected chi connectivity index (χ2v) is 8.23. The number of ether oxygens (including phenoxy) is 2. The molecule has 3 aromatic carbocycles. The molecule has 34 heavy (non-hydrogen) atoms. The number of hydrazone groups is 1. The first-order valence-electron chi connectivity index (χ1n) is 10.5. The van der Waals surface area contributed by atoms with Crippen molar-refractivity contribution in [3.05, 3.63) is 93.6 Å². The fourth-order valence-corrected chi connectivity index (χ4v) is 4.28. The van der Waals surface area contributed by atoms with Gasteiger partial charge in [-0.1, -0.05) is 36.9 Å². The van der Waals surface area contributed by atoms with Crippen LogP contribution in [0, 0.1) is 0 Å². The number of halogens is 1. The Labute approximate surface area is 204 Å². The van der Waals surface area contributed by atoms with Gasteiger partial charge < -0.3 is 14.0 Å². The third-order valence-electron chi connectivity index (χ3n) is 5.18. The first-order chi connectivity index (χ1) is 16.5. The molecule has 0 spiro atoms. The van der Waals surface area contributed by atoms with Gasteiger partial charge in [-0.3, -0.25) is 9.59 Å². The molecule has 0 saturated heterocycles. The molecule has 1 amide bonds. The van der Waals surface area contributed by atoms with Crippen molar-refractivity contribution in [2.45, 2.75) is 6.54 Å². The molecule has 1 aromatic heterocycles. The van der Waals surface area contributed by atoms with E-state index in [1.807, 2.05) is 41.0 Å². The summed E-state index contributed by atoms with van der Waals surface area (Å²) in [6.07, 6.45) is 3.16. The van der Waals surface area contributed by atoms with E-state index in [0.717, 1.165) is 0 Å². The average Bonchev–Trinajstić information content (AvgIpc) is 2.85. The highest BCUT2D eigenvalue weighted by molar-refractivity contribution is 9.10. The van der Waals surface area contributed by atoms with Crippen LogP contribution in [0.4, 0.5) is 0 Å². The van der Waals surface area contributed by atoms with Gasteiger partial charge in [0.1, 0.15) is 13.2 Å². The van der Waals surface area contributed by atoms with Crippen molar-refractivity contribution in [2.24, 2.45) is 5.10 Å². The Morgan fingerprint density at radius 1 is 1.12 bits per heavy atom. The van der Waals surface area contributed by atoms with E-state index < -0.39 is 0 Å². The van der Waals surface area contributed by atoms with E-state index in [9.17, 15) is 9.59 Å². The number of hydrogen-bond donors (Lipinski definition) is 1. The number of hydrogen-bond acceptors (Lipinski definition) is 5. The number of nitrogens with one attached hydrogen (secondary N) is 1. The van der Waals surface area contributed by atoms with Crippen LogP contribution in [0.2, 0.25) is 0 Å². The van der Waals surface area contributed by atoms with Crippen LogP contribution in [0.25, 0.3) is 21.8 Å². The van der Waals surface area contributed by atoms with Gasteiger partial charge in [-0.2, -0.15) is 5.10 Å². The zero-order chi connectivity index (χ0) is 24.1. The van der Waals surface area contributed by atoms with Gasteiger partial charge in [0.25, 0.3) is 5.91 Å². The molecule has 0 aliphatic heterocycles. The lowest BCUT2D eigenvalue weighted by atomic mass is 10.1. The maximum absolute atomic E-state index is 12.9. The SMILES string of the molecule is C=CCOc1c(Br)cc(/C=N\NC(=O)Cn2c3ccccc3c(=O)c3ccccc32)cc1OC. The maximum Gasteiger partial charge on any atom is 0.260 e. The van der Waals surface area contributed by atoms with E-state index in [1.165, 1.54) is 6.21 Å². The molecule has 172 valence electrons. The minimum Gasteiger partial charge on any atom is -0.493 e. The number of aromatic nitrogens is 1. The lowest BCUT2D eigenvalue weighted by molar-refractivity contribution is -0.121. The van der Waals surface area contributed by atoms with Gasteiger partial charge in [0.2, 0.25) is 0 Å². The van der Waals surface area contributed by atoms with Crippen LogP contribution in [0.15, 0.2) is 87.7 Å². The topological polar surface area (TPSA) is 81.9 Å². The van der Waals surface area contributed by atoms with Gasteiger partial charge >= 0.3 is 0 Å². The zero-order valence-electron chi connectivity index (χ0n) is 18.5. The number of amides is 1. The van der Waals surface area contributed by atoms with Crippen molar-refractivity contribution in [1.29, 1.82) is 0 Å². The molecule has 0 unspecified atom stereocenters. The van der Waals surface area contributed by atoms with E-state index >= 15 is 0 Å². The molecular formula is C26H22BrN3O4. The van der Waals surface area contributed by atoms with Gasteiger partial charge in [-0.15, -0.1) is 0 Å². The smallest absolute Gasteiger partial charge is 0.260 e. The quantitative estimate of drug-likeness (QED) is 0.159. The summed E-state index contributed by atoms with van der Waals surface area (Å²) < 4.78 is 13.5. The minimum absolute atomic E-state index is 0.00000664. The molecular weight excluding hydrogens is 498 g/mol. The fraction of sp³-hybridized carbons (Fsp3) is 0.115. The summed E-state index contributed by atoms with van der Waals surface area (Å²) in [5.74, 6) is 0.753. The van der Waals surface area contributed by atoms with Gasteiger partial charge in [0, 0.05) is 10.8 Å². The standard InChI is InChI=1S/C26H22BrN3O4/c1-3-12-34-26-20(27)13-17(14-23(26)33-2)15-28-29-24(31)16-30-21-10-6-4-8-18(21)25(32)19-9-5-7-11-22(19)30/h3-11,13-15H,1,12,16H2,2H3,(H,29,31)/b28-15-. The number of carbonyl (C=O) groups is 1. The van der Waals surface area contributed by atoms with E-state index in [1.54, 1.807) is 37.5 Å². The summed E-state index contributed by atoms with van der Waals surface area (Å²) in [5, 5.41) is 5.22. The van der Waals surface area contributed by atoms with Crippen LogP contribution in [-0.2, 0) is 11.3 Å². The van der Waals surface area contributed by atoms with Crippen LogP contribution in [0.1, 0.15) is 5.56 Å². The third kappa shape index (κ3) is 4.72. The summed E-state index contributed by atoms with van der Waals surface area (Å²) in [7, 11) is 1.55. The molecule has 1 heterocycles. The van der Waals surface area contributed by atoms with Crippen molar-refractivity contribution in [1.82, 2.24) is 9.99 Å². The van der Waals surface area contributed by atoms with Crippen LogP contribution >= 0.6 is 15.9 Å². The van der Waals surface area contributed by atoms with E-state index in [-0.39, 0.29) is 17.9 Å². The molecule has 0 fully saturated rings. The molecule has 8 heteroatoms. The number of pyridine rings is 1. The molecule has 7 nitrogen and oxygen atoms in total. The monoisotopic (exact) mass is 519 g/mol. The molecule has 1 N–H and O–H groups in total. The Kier molecular flexibility index (Phi) is 7.08. The predicted molar refractivity (Wildman–Crippen MR) is 138 cm³/mol. The Morgan fingerprint density at radius 2 is 1.76 bits per heavy atom. The highest BCUT2D eigenvalue weighted by atomic mass is 79.9. The van der Waals surface area contributed by atoms with E-state index in [0.29, 0.717) is 49.9 Å². The summed E-state index contributed by atoms with van der Waals surface area (Å²) in [6, 6.07) is 18.1. The number of nitrogens with zero attached hydrogens (tertiary/aromatic N) is 2. The Hall–Kier alpha value is -3.91. The van der Waals surface area contributed by atoms with Crippen LogP contribution in [0.3, 0.4) is 0 Å². The normalized spacial score (nSPS) is 11.1. The molecule has 0 aliphatic rings. The zero-order valence-corrected chi connectivity index (χ0v) is 20.0. The first-order valence-corrected chi connectivity index (χ1v) is 11.3. The predicted octanol–water partition coefficient (Wildman–Crippen LogP) is 4.64. The molecule has 0 aliphatic carbocycles. The molecule has 0 saturated carbocycles. The van der Waals surface area contributed by atoms with Crippen LogP contribution in [0.5, 0.6) is 11.5 Å². The molecule has 0 bridgehead atoms. The van der Waals surface area contributed by atoms with Crippen molar-refractivity contribution in [3.63, 3.8) is 0 Å². The molecule has 4 rings (SSSR count). The lowest BCUT2D eigenvalue weighted by Crippen LogP contribution is -2.25. The van der Waals surface area contributed by atoms with E-state index in [2.05, 4.69) is 33.0 Å². The van der Waals surface area contributed by atoms with E-state index in [4.69, 9.17) is 9.47 Å². The number of rotatable bonds is 8. The summed E-state index contributed by atoms with van der Waals surface area (Å²) >= 11 is 3.47.